The number of halogens is 1. The first-order valence-corrected chi connectivity index (χ1v) is 8.37. The average Bonchev–Trinajstić information content (AvgIpc) is 2.59. The summed E-state index contributed by atoms with van der Waals surface area (Å²) in [5.41, 5.74) is 7.55. The predicted molar refractivity (Wildman–Crippen MR) is 94.8 cm³/mol. The van der Waals surface area contributed by atoms with E-state index in [4.69, 9.17) is 5.73 Å². The normalized spacial score (nSPS) is 12.0. The first kappa shape index (κ1) is 18.1. The van der Waals surface area contributed by atoms with Gasteiger partial charge in [-0.15, -0.1) is 0 Å². The number of carbonyl (C=O) groups is 1. The van der Waals surface area contributed by atoms with Crippen molar-refractivity contribution in [3.8, 4) is 0 Å². The molecule has 128 valence electrons. The number of nitrogens with zero attached hydrogens (tertiary/aromatic N) is 1. The van der Waals surface area contributed by atoms with Gasteiger partial charge in [0.15, 0.2) is 0 Å². The van der Waals surface area contributed by atoms with Gasteiger partial charge < -0.3 is 10.6 Å². The molecular weight excluding hydrogens is 303 g/mol. The maximum absolute atomic E-state index is 13.3. The molecule has 2 rings (SSSR count). The van der Waals surface area contributed by atoms with Crippen LogP contribution in [0, 0.1) is 11.7 Å². The highest BCUT2D eigenvalue weighted by Gasteiger charge is 2.21. The number of hydrogen-bond donors (Lipinski definition) is 1. The van der Waals surface area contributed by atoms with Gasteiger partial charge in [0.1, 0.15) is 5.82 Å². The molecule has 0 aliphatic heterocycles. The van der Waals surface area contributed by atoms with E-state index in [1.54, 1.807) is 6.07 Å². The summed E-state index contributed by atoms with van der Waals surface area (Å²) in [4.78, 5) is 14.7. The Hall–Kier alpha value is -2.20. The van der Waals surface area contributed by atoms with Gasteiger partial charge >= 0.3 is 0 Å². The van der Waals surface area contributed by atoms with Crippen LogP contribution in [-0.2, 0) is 17.8 Å². The fraction of sp³-hybridized carbons (Fsp3) is 0.350. The molecule has 1 unspecified atom stereocenters. The maximum Gasteiger partial charge on any atom is 0.226 e. The second-order valence-corrected chi connectivity index (χ2v) is 6.12. The highest BCUT2D eigenvalue weighted by Crippen LogP contribution is 2.15. The van der Waals surface area contributed by atoms with Gasteiger partial charge in [-0.05, 0) is 42.6 Å². The first-order chi connectivity index (χ1) is 11.6. The Balaban J connectivity index is 2.05. The van der Waals surface area contributed by atoms with Gasteiger partial charge in [-0.25, -0.2) is 4.39 Å². The maximum atomic E-state index is 13.3. The zero-order valence-corrected chi connectivity index (χ0v) is 14.1. The zero-order chi connectivity index (χ0) is 17.4. The minimum Gasteiger partial charge on any atom is -0.338 e. The van der Waals surface area contributed by atoms with Crippen molar-refractivity contribution in [3.63, 3.8) is 0 Å². The second kappa shape index (κ2) is 9.18. The molecule has 2 aromatic carbocycles. The molecule has 0 saturated carbocycles. The summed E-state index contributed by atoms with van der Waals surface area (Å²) in [6, 6.07) is 16.4. The summed E-state index contributed by atoms with van der Waals surface area (Å²) in [7, 11) is 0. The molecular formula is C20H25FN2O. The van der Waals surface area contributed by atoms with Crippen LogP contribution >= 0.6 is 0 Å². The molecule has 4 heteroatoms. The quantitative estimate of drug-likeness (QED) is 0.807. The summed E-state index contributed by atoms with van der Waals surface area (Å²) in [5.74, 6) is -0.388. The van der Waals surface area contributed by atoms with Crippen LogP contribution in [0.3, 0.4) is 0 Å². The molecule has 3 nitrogen and oxygen atoms in total. The van der Waals surface area contributed by atoms with E-state index in [-0.39, 0.29) is 17.6 Å². The van der Waals surface area contributed by atoms with E-state index in [0.717, 1.165) is 17.5 Å². The Labute approximate surface area is 143 Å². The topological polar surface area (TPSA) is 46.3 Å². The Morgan fingerprint density at radius 3 is 2.50 bits per heavy atom. The lowest BCUT2D eigenvalue weighted by Gasteiger charge is -2.26. The van der Waals surface area contributed by atoms with Crippen molar-refractivity contribution < 1.29 is 9.18 Å². The van der Waals surface area contributed by atoms with E-state index in [1.165, 1.54) is 12.1 Å². The van der Waals surface area contributed by atoms with E-state index in [1.807, 2.05) is 48.2 Å². The molecule has 0 fully saturated rings. The Morgan fingerprint density at radius 1 is 1.12 bits per heavy atom. The van der Waals surface area contributed by atoms with Gasteiger partial charge in [0, 0.05) is 19.0 Å². The van der Waals surface area contributed by atoms with Crippen LogP contribution in [0.5, 0.6) is 0 Å². The Kier molecular flexibility index (Phi) is 6.94. The third-order valence-corrected chi connectivity index (χ3v) is 4.01. The summed E-state index contributed by atoms with van der Waals surface area (Å²) in [5, 5.41) is 0. The molecule has 0 aromatic heterocycles. The SMILES string of the molecule is CC(Cc1cccc(F)c1)C(=O)N(CCCN)Cc1ccccc1. The fourth-order valence-corrected chi connectivity index (χ4v) is 2.77. The van der Waals surface area contributed by atoms with Crippen LogP contribution in [0.25, 0.3) is 0 Å². The van der Waals surface area contributed by atoms with Crippen molar-refractivity contribution >= 4 is 5.91 Å². The molecule has 2 N–H and O–H groups in total. The Morgan fingerprint density at radius 2 is 1.83 bits per heavy atom. The lowest BCUT2D eigenvalue weighted by atomic mass is 9.99. The minimum absolute atomic E-state index is 0.0802. The summed E-state index contributed by atoms with van der Waals surface area (Å²) < 4.78 is 13.3. The molecule has 0 aliphatic carbocycles. The smallest absolute Gasteiger partial charge is 0.226 e. The van der Waals surface area contributed by atoms with Gasteiger partial charge in [0.25, 0.3) is 0 Å². The predicted octanol–water partition coefficient (Wildman–Crippen LogP) is 3.38. The highest BCUT2D eigenvalue weighted by molar-refractivity contribution is 5.78. The molecule has 0 saturated heterocycles. The number of amides is 1. The van der Waals surface area contributed by atoms with Crippen LogP contribution < -0.4 is 5.73 Å². The van der Waals surface area contributed by atoms with Crippen molar-refractivity contribution in [3.05, 3.63) is 71.5 Å². The number of benzene rings is 2. The minimum atomic E-state index is -0.267. The average molecular weight is 328 g/mol. The van der Waals surface area contributed by atoms with E-state index in [0.29, 0.717) is 26.1 Å². The first-order valence-electron chi connectivity index (χ1n) is 8.37. The van der Waals surface area contributed by atoms with Crippen molar-refractivity contribution in [1.82, 2.24) is 4.90 Å². The number of carbonyl (C=O) groups excluding carboxylic acids is 1. The van der Waals surface area contributed by atoms with Crippen molar-refractivity contribution in [2.24, 2.45) is 11.7 Å². The van der Waals surface area contributed by atoms with Gasteiger partial charge in [-0.3, -0.25) is 4.79 Å². The van der Waals surface area contributed by atoms with E-state index in [9.17, 15) is 9.18 Å². The largest absolute Gasteiger partial charge is 0.338 e. The van der Waals surface area contributed by atoms with Gasteiger partial charge in [0.2, 0.25) is 5.91 Å². The van der Waals surface area contributed by atoms with Gasteiger partial charge in [0.05, 0.1) is 0 Å². The lowest BCUT2D eigenvalue weighted by Crippen LogP contribution is -2.37. The summed E-state index contributed by atoms with van der Waals surface area (Å²) >= 11 is 0. The third-order valence-electron chi connectivity index (χ3n) is 4.01. The van der Waals surface area contributed by atoms with E-state index >= 15 is 0 Å². The molecule has 0 spiro atoms. The highest BCUT2D eigenvalue weighted by atomic mass is 19.1. The van der Waals surface area contributed by atoms with Crippen molar-refractivity contribution in [1.29, 1.82) is 0 Å². The van der Waals surface area contributed by atoms with Crippen molar-refractivity contribution in [2.45, 2.75) is 26.3 Å². The standard InChI is InChI=1S/C20H25FN2O/c1-16(13-18-9-5-10-19(21)14-18)20(24)23(12-6-11-22)15-17-7-3-2-4-8-17/h2-5,7-10,14,16H,6,11-13,15,22H2,1H3. The lowest BCUT2D eigenvalue weighted by molar-refractivity contribution is -0.135. The molecule has 1 amide bonds. The van der Waals surface area contributed by atoms with Crippen molar-refractivity contribution in [2.75, 3.05) is 13.1 Å². The van der Waals surface area contributed by atoms with Crippen LogP contribution in [0.1, 0.15) is 24.5 Å². The number of nitrogens with two attached hydrogens (primary N) is 1. The molecule has 0 radical (unpaired) electrons. The van der Waals surface area contributed by atoms with Crippen LogP contribution in [-0.4, -0.2) is 23.9 Å². The fourth-order valence-electron chi connectivity index (χ4n) is 2.77. The summed E-state index contributed by atoms with van der Waals surface area (Å²) in [6.07, 6.45) is 1.30. The molecule has 0 bridgehead atoms. The molecule has 24 heavy (non-hydrogen) atoms. The molecule has 0 heterocycles. The van der Waals surface area contributed by atoms with E-state index < -0.39 is 0 Å². The zero-order valence-electron chi connectivity index (χ0n) is 14.1. The third kappa shape index (κ3) is 5.46. The van der Waals surface area contributed by atoms with E-state index in [2.05, 4.69) is 0 Å². The van der Waals surface area contributed by atoms with Gasteiger partial charge in [-0.1, -0.05) is 49.4 Å². The second-order valence-electron chi connectivity index (χ2n) is 6.12. The number of hydrogen-bond acceptors (Lipinski definition) is 2. The van der Waals surface area contributed by atoms with Crippen LogP contribution in [0.15, 0.2) is 54.6 Å². The van der Waals surface area contributed by atoms with Gasteiger partial charge in [-0.2, -0.15) is 0 Å². The van der Waals surface area contributed by atoms with Crippen LogP contribution in [0.2, 0.25) is 0 Å². The number of rotatable bonds is 8. The molecule has 0 aliphatic rings. The molecule has 2 aromatic rings. The Bertz CT molecular complexity index is 645. The molecule has 1 atom stereocenters. The van der Waals surface area contributed by atoms with Crippen LogP contribution in [0.4, 0.5) is 4.39 Å². The monoisotopic (exact) mass is 328 g/mol. The summed E-state index contributed by atoms with van der Waals surface area (Å²) in [6.45, 7) is 3.66.